The van der Waals surface area contributed by atoms with Gasteiger partial charge in [0.25, 0.3) is 0 Å². The zero-order chi connectivity index (χ0) is 12.6. The number of hydrogen-bond donors (Lipinski definition) is 1. The van der Waals surface area contributed by atoms with E-state index in [4.69, 9.17) is 11.6 Å². The Bertz CT molecular complexity index is 545. The molecule has 1 fully saturated rings. The van der Waals surface area contributed by atoms with Crippen LogP contribution in [0, 0.1) is 6.92 Å². The van der Waals surface area contributed by atoms with Gasteiger partial charge in [-0.15, -0.1) is 11.3 Å². The SMILES string of the molecule is Cc1ccc(C2(c3nccs3)CCNC2)cc1Cl. The van der Waals surface area contributed by atoms with Crippen molar-refractivity contribution < 1.29 is 0 Å². The van der Waals surface area contributed by atoms with E-state index < -0.39 is 0 Å². The summed E-state index contributed by atoms with van der Waals surface area (Å²) in [6, 6.07) is 6.40. The van der Waals surface area contributed by atoms with Crippen molar-refractivity contribution in [1.82, 2.24) is 10.3 Å². The third-order valence-electron chi connectivity index (χ3n) is 3.72. The minimum atomic E-state index is 0.00546. The fourth-order valence-corrected chi connectivity index (χ4v) is 3.67. The van der Waals surface area contributed by atoms with Crippen LogP contribution in [0.5, 0.6) is 0 Å². The summed E-state index contributed by atoms with van der Waals surface area (Å²) in [7, 11) is 0. The summed E-state index contributed by atoms with van der Waals surface area (Å²) in [6.07, 6.45) is 2.97. The number of rotatable bonds is 2. The maximum Gasteiger partial charge on any atom is 0.104 e. The molecular weight excluding hydrogens is 264 g/mol. The van der Waals surface area contributed by atoms with Crippen molar-refractivity contribution in [2.24, 2.45) is 0 Å². The summed E-state index contributed by atoms with van der Waals surface area (Å²) in [6.45, 7) is 4.01. The normalized spacial score (nSPS) is 23.4. The Morgan fingerprint density at radius 2 is 2.33 bits per heavy atom. The second-order valence-electron chi connectivity index (χ2n) is 4.81. The second-order valence-corrected chi connectivity index (χ2v) is 6.11. The van der Waals surface area contributed by atoms with Gasteiger partial charge in [-0.3, -0.25) is 0 Å². The molecule has 1 unspecified atom stereocenters. The van der Waals surface area contributed by atoms with E-state index in [-0.39, 0.29) is 5.41 Å². The van der Waals surface area contributed by atoms with Gasteiger partial charge in [0.2, 0.25) is 0 Å². The van der Waals surface area contributed by atoms with E-state index in [0.717, 1.165) is 30.1 Å². The molecule has 0 spiro atoms. The average molecular weight is 279 g/mol. The number of aryl methyl sites for hydroxylation is 1. The first kappa shape index (κ1) is 12.2. The van der Waals surface area contributed by atoms with Gasteiger partial charge in [-0.05, 0) is 37.1 Å². The number of thiazole rings is 1. The van der Waals surface area contributed by atoms with Gasteiger partial charge in [-0.1, -0.05) is 23.7 Å². The largest absolute Gasteiger partial charge is 0.315 e. The Balaban J connectivity index is 2.12. The quantitative estimate of drug-likeness (QED) is 0.911. The lowest BCUT2D eigenvalue weighted by Gasteiger charge is -2.27. The summed E-state index contributed by atoms with van der Waals surface area (Å²) in [5.74, 6) is 0. The Morgan fingerprint density at radius 3 is 2.94 bits per heavy atom. The lowest BCUT2D eigenvalue weighted by atomic mass is 9.80. The Labute approximate surface area is 116 Å². The van der Waals surface area contributed by atoms with Crippen LogP contribution in [0.1, 0.15) is 22.6 Å². The molecule has 1 N–H and O–H groups in total. The molecule has 4 heteroatoms. The molecular formula is C14H15ClN2S. The van der Waals surface area contributed by atoms with Gasteiger partial charge in [0.15, 0.2) is 0 Å². The fraction of sp³-hybridized carbons (Fsp3) is 0.357. The number of halogens is 1. The maximum atomic E-state index is 6.28. The summed E-state index contributed by atoms with van der Waals surface area (Å²) >= 11 is 8.01. The Kier molecular flexibility index (Phi) is 3.14. The highest BCUT2D eigenvalue weighted by Crippen LogP contribution is 2.39. The molecule has 2 nitrogen and oxygen atoms in total. The molecule has 2 heterocycles. The molecule has 1 aromatic carbocycles. The van der Waals surface area contributed by atoms with E-state index in [1.165, 1.54) is 10.6 Å². The molecule has 1 saturated heterocycles. The fourth-order valence-electron chi connectivity index (χ4n) is 2.59. The number of benzene rings is 1. The predicted molar refractivity (Wildman–Crippen MR) is 76.6 cm³/mol. The monoisotopic (exact) mass is 278 g/mol. The topological polar surface area (TPSA) is 24.9 Å². The lowest BCUT2D eigenvalue weighted by molar-refractivity contribution is 0.566. The molecule has 3 rings (SSSR count). The molecule has 2 aromatic rings. The number of nitrogens with one attached hydrogen (secondary N) is 1. The third-order valence-corrected chi connectivity index (χ3v) is 5.11. The third kappa shape index (κ3) is 1.87. The van der Waals surface area contributed by atoms with Crippen molar-refractivity contribution in [3.05, 3.63) is 50.9 Å². The average Bonchev–Trinajstić information content (AvgIpc) is 3.01. The van der Waals surface area contributed by atoms with Crippen LogP contribution >= 0.6 is 22.9 Å². The number of aromatic nitrogens is 1. The van der Waals surface area contributed by atoms with Gasteiger partial charge < -0.3 is 5.32 Å². The Hall–Kier alpha value is -0.900. The molecule has 18 heavy (non-hydrogen) atoms. The van der Waals surface area contributed by atoms with Crippen LogP contribution in [-0.4, -0.2) is 18.1 Å². The smallest absolute Gasteiger partial charge is 0.104 e. The molecule has 94 valence electrons. The molecule has 0 aliphatic carbocycles. The molecule has 1 aliphatic heterocycles. The van der Waals surface area contributed by atoms with Crippen molar-refractivity contribution >= 4 is 22.9 Å². The van der Waals surface area contributed by atoms with Crippen molar-refractivity contribution in [3.8, 4) is 0 Å². The lowest BCUT2D eigenvalue weighted by Crippen LogP contribution is -2.30. The van der Waals surface area contributed by atoms with Crippen molar-refractivity contribution in [1.29, 1.82) is 0 Å². The van der Waals surface area contributed by atoms with E-state index in [9.17, 15) is 0 Å². The van der Waals surface area contributed by atoms with Gasteiger partial charge >= 0.3 is 0 Å². The predicted octanol–water partition coefficient (Wildman–Crippen LogP) is 3.38. The number of nitrogens with zero attached hydrogens (tertiary/aromatic N) is 1. The van der Waals surface area contributed by atoms with E-state index in [2.05, 4.69) is 28.5 Å². The van der Waals surface area contributed by atoms with E-state index in [0.29, 0.717) is 0 Å². The second kappa shape index (κ2) is 4.65. The van der Waals surface area contributed by atoms with Gasteiger partial charge in [0, 0.05) is 23.1 Å². The molecule has 0 amide bonds. The minimum absolute atomic E-state index is 0.00546. The molecule has 1 atom stereocenters. The van der Waals surface area contributed by atoms with Gasteiger partial charge in [0.05, 0.1) is 5.41 Å². The highest BCUT2D eigenvalue weighted by molar-refractivity contribution is 7.09. The standard InChI is InChI=1S/C14H15ClN2S/c1-10-2-3-11(8-12(10)15)14(4-5-16-9-14)13-17-6-7-18-13/h2-3,6-8,16H,4-5,9H2,1H3. The number of hydrogen-bond acceptors (Lipinski definition) is 3. The first-order chi connectivity index (χ1) is 8.72. The zero-order valence-corrected chi connectivity index (χ0v) is 11.8. The molecule has 1 aromatic heterocycles. The molecule has 0 saturated carbocycles. The van der Waals surface area contributed by atoms with Crippen LogP contribution in [0.4, 0.5) is 0 Å². The van der Waals surface area contributed by atoms with Crippen LogP contribution in [0.15, 0.2) is 29.8 Å². The summed E-state index contributed by atoms with van der Waals surface area (Å²) in [5.41, 5.74) is 2.41. The summed E-state index contributed by atoms with van der Waals surface area (Å²) in [5, 5.41) is 7.53. The first-order valence-electron chi connectivity index (χ1n) is 6.10. The van der Waals surface area contributed by atoms with Gasteiger partial charge in [-0.25, -0.2) is 4.98 Å². The Morgan fingerprint density at radius 1 is 1.44 bits per heavy atom. The maximum absolute atomic E-state index is 6.28. The van der Waals surface area contributed by atoms with Crippen LogP contribution in [0.3, 0.4) is 0 Å². The first-order valence-corrected chi connectivity index (χ1v) is 7.35. The van der Waals surface area contributed by atoms with Crippen molar-refractivity contribution in [2.75, 3.05) is 13.1 Å². The zero-order valence-electron chi connectivity index (χ0n) is 10.2. The van der Waals surface area contributed by atoms with E-state index in [1.807, 2.05) is 18.5 Å². The molecule has 1 aliphatic rings. The van der Waals surface area contributed by atoms with Crippen molar-refractivity contribution in [2.45, 2.75) is 18.8 Å². The van der Waals surface area contributed by atoms with Crippen LogP contribution < -0.4 is 5.32 Å². The van der Waals surface area contributed by atoms with Gasteiger partial charge in [-0.2, -0.15) is 0 Å². The van der Waals surface area contributed by atoms with Crippen LogP contribution in [0.2, 0.25) is 5.02 Å². The molecule has 0 bridgehead atoms. The highest BCUT2D eigenvalue weighted by Gasteiger charge is 2.39. The van der Waals surface area contributed by atoms with E-state index >= 15 is 0 Å². The van der Waals surface area contributed by atoms with Crippen LogP contribution in [0.25, 0.3) is 0 Å². The van der Waals surface area contributed by atoms with E-state index in [1.54, 1.807) is 11.3 Å². The van der Waals surface area contributed by atoms with Crippen molar-refractivity contribution in [3.63, 3.8) is 0 Å². The van der Waals surface area contributed by atoms with Gasteiger partial charge in [0.1, 0.15) is 5.01 Å². The summed E-state index contributed by atoms with van der Waals surface area (Å²) in [4.78, 5) is 4.53. The molecule has 0 radical (unpaired) electrons. The van der Waals surface area contributed by atoms with Crippen LogP contribution in [-0.2, 0) is 5.41 Å². The summed E-state index contributed by atoms with van der Waals surface area (Å²) < 4.78 is 0. The highest BCUT2D eigenvalue weighted by atomic mass is 35.5. The minimum Gasteiger partial charge on any atom is -0.315 e.